The number of carbonyl (C=O) groups is 1. The average Bonchev–Trinajstić information content (AvgIpc) is 3.29. The van der Waals surface area contributed by atoms with Gasteiger partial charge in [-0.05, 0) is 18.2 Å². The van der Waals surface area contributed by atoms with E-state index in [0.29, 0.717) is 23.8 Å². The maximum absolute atomic E-state index is 12.5. The molecule has 0 radical (unpaired) electrons. The first-order valence-electron chi connectivity index (χ1n) is 8.23. The molecular formula is C17H18ClN5O2S. The maximum atomic E-state index is 12.5. The van der Waals surface area contributed by atoms with Crippen molar-refractivity contribution in [1.29, 1.82) is 0 Å². The molecule has 1 aliphatic rings. The van der Waals surface area contributed by atoms with E-state index < -0.39 is 0 Å². The van der Waals surface area contributed by atoms with E-state index in [4.69, 9.17) is 21.3 Å². The first-order valence-corrected chi connectivity index (χ1v) is 9.43. The van der Waals surface area contributed by atoms with Crippen molar-refractivity contribution in [2.45, 2.75) is 0 Å². The molecule has 0 aliphatic carbocycles. The zero-order valence-corrected chi connectivity index (χ0v) is 16.0. The molecule has 26 heavy (non-hydrogen) atoms. The number of rotatable bonds is 3. The molecular weight excluding hydrogens is 374 g/mol. The Morgan fingerprint density at radius 1 is 1.23 bits per heavy atom. The summed E-state index contributed by atoms with van der Waals surface area (Å²) in [6.45, 7) is 2.71. The molecule has 3 aromatic rings. The molecule has 1 fully saturated rings. The number of halogens is 1. The Bertz CT molecular complexity index is 961. The van der Waals surface area contributed by atoms with Crippen molar-refractivity contribution < 1.29 is 9.53 Å². The number of methoxy groups -OCH3 is 1. The highest BCUT2D eigenvalue weighted by Gasteiger charge is 2.25. The second-order valence-electron chi connectivity index (χ2n) is 6.08. The molecule has 0 bridgehead atoms. The van der Waals surface area contributed by atoms with E-state index in [0.717, 1.165) is 34.2 Å². The summed E-state index contributed by atoms with van der Waals surface area (Å²) in [4.78, 5) is 21.2. The Labute approximate surface area is 159 Å². The molecule has 7 nitrogen and oxygen atoms in total. The van der Waals surface area contributed by atoms with E-state index in [1.165, 1.54) is 0 Å². The SMILES string of the molecule is COc1ccc(Cl)c2sc(N3CCN(C(=O)c4ccn(C)n4)CC3)nc12. The van der Waals surface area contributed by atoms with Gasteiger partial charge in [0, 0.05) is 39.4 Å². The predicted octanol–water partition coefficient (Wildman–Crippen LogP) is 2.65. The Kier molecular flexibility index (Phi) is 4.46. The van der Waals surface area contributed by atoms with Crippen molar-refractivity contribution in [1.82, 2.24) is 19.7 Å². The molecule has 136 valence electrons. The molecule has 0 N–H and O–H groups in total. The van der Waals surface area contributed by atoms with Crippen LogP contribution in [0.4, 0.5) is 5.13 Å². The van der Waals surface area contributed by atoms with E-state index in [1.54, 1.807) is 42.4 Å². The highest BCUT2D eigenvalue weighted by molar-refractivity contribution is 7.22. The maximum Gasteiger partial charge on any atom is 0.274 e. The Morgan fingerprint density at radius 3 is 2.65 bits per heavy atom. The number of carbonyl (C=O) groups excluding carboxylic acids is 1. The summed E-state index contributed by atoms with van der Waals surface area (Å²) in [5.74, 6) is 0.690. The molecule has 4 rings (SSSR count). The van der Waals surface area contributed by atoms with Crippen molar-refractivity contribution in [3.05, 3.63) is 35.1 Å². The molecule has 1 aromatic carbocycles. The molecule has 1 saturated heterocycles. The number of piperazine rings is 1. The number of fused-ring (bicyclic) bond motifs is 1. The largest absolute Gasteiger partial charge is 0.494 e. The monoisotopic (exact) mass is 391 g/mol. The topological polar surface area (TPSA) is 63.5 Å². The highest BCUT2D eigenvalue weighted by atomic mass is 35.5. The summed E-state index contributed by atoms with van der Waals surface area (Å²) in [6.07, 6.45) is 1.78. The number of aromatic nitrogens is 3. The van der Waals surface area contributed by atoms with Gasteiger partial charge in [-0.2, -0.15) is 5.10 Å². The normalized spacial score (nSPS) is 14.9. The van der Waals surface area contributed by atoms with Crippen LogP contribution in [0, 0.1) is 0 Å². The number of ether oxygens (including phenoxy) is 1. The van der Waals surface area contributed by atoms with Crippen LogP contribution in [0.5, 0.6) is 5.75 Å². The van der Waals surface area contributed by atoms with Crippen LogP contribution >= 0.6 is 22.9 Å². The number of nitrogens with zero attached hydrogens (tertiary/aromatic N) is 5. The van der Waals surface area contributed by atoms with Gasteiger partial charge in [-0.25, -0.2) is 4.98 Å². The minimum Gasteiger partial charge on any atom is -0.494 e. The smallest absolute Gasteiger partial charge is 0.274 e. The lowest BCUT2D eigenvalue weighted by Crippen LogP contribution is -2.48. The lowest BCUT2D eigenvalue weighted by Gasteiger charge is -2.34. The molecule has 0 saturated carbocycles. The van der Waals surface area contributed by atoms with E-state index in [-0.39, 0.29) is 5.91 Å². The quantitative estimate of drug-likeness (QED) is 0.686. The van der Waals surface area contributed by atoms with E-state index in [2.05, 4.69) is 10.00 Å². The van der Waals surface area contributed by atoms with Gasteiger partial charge in [0.15, 0.2) is 5.13 Å². The van der Waals surface area contributed by atoms with Crippen LogP contribution in [0.1, 0.15) is 10.5 Å². The van der Waals surface area contributed by atoms with Crippen LogP contribution in [-0.2, 0) is 7.05 Å². The standard InChI is InChI=1S/C17H18ClN5O2S/c1-21-6-5-12(20-21)16(24)22-7-9-23(10-8-22)17-19-14-13(25-2)4-3-11(18)15(14)26-17/h3-6H,7-10H2,1-2H3. The second-order valence-corrected chi connectivity index (χ2v) is 7.46. The summed E-state index contributed by atoms with van der Waals surface area (Å²) in [5.41, 5.74) is 1.27. The zero-order valence-electron chi connectivity index (χ0n) is 14.5. The van der Waals surface area contributed by atoms with Crippen LogP contribution in [0.25, 0.3) is 10.2 Å². The van der Waals surface area contributed by atoms with Gasteiger partial charge < -0.3 is 14.5 Å². The second kappa shape index (κ2) is 6.77. The van der Waals surface area contributed by atoms with Crippen molar-refractivity contribution in [2.24, 2.45) is 7.05 Å². The molecule has 1 amide bonds. The molecule has 3 heterocycles. The van der Waals surface area contributed by atoms with Gasteiger partial charge in [-0.3, -0.25) is 9.48 Å². The summed E-state index contributed by atoms with van der Waals surface area (Å²) < 4.78 is 7.95. The third-order valence-corrected chi connectivity index (χ3v) is 6.01. The van der Waals surface area contributed by atoms with Gasteiger partial charge in [-0.1, -0.05) is 22.9 Å². The summed E-state index contributed by atoms with van der Waals surface area (Å²) in [5, 5.41) is 5.77. The summed E-state index contributed by atoms with van der Waals surface area (Å²) >= 11 is 7.86. The molecule has 0 spiro atoms. The fraction of sp³-hybridized carbons (Fsp3) is 0.353. The summed E-state index contributed by atoms with van der Waals surface area (Å²) in [6, 6.07) is 5.41. The third-order valence-electron chi connectivity index (χ3n) is 4.44. The summed E-state index contributed by atoms with van der Waals surface area (Å²) in [7, 11) is 3.44. The Balaban J connectivity index is 1.50. The fourth-order valence-electron chi connectivity index (χ4n) is 3.03. The molecule has 9 heteroatoms. The molecule has 0 unspecified atom stereocenters. The van der Waals surface area contributed by atoms with Gasteiger partial charge in [-0.15, -0.1) is 0 Å². The minimum absolute atomic E-state index is 0.0285. The van der Waals surface area contributed by atoms with E-state index in [1.807, 2.05) is 17.0 Å². The van der Waals surface area contributed by atoms with Gasteiger partial charge in [0.25, 0.3) is 5.91 Å². The highest BCUT2D eigenvalue weighted by Crippen LogP contribution is 2.38. The van der Waals surface area contributed by atoms with Crippen LogP contribution in [0.2, 0.25) is 5.02 Å². The number of thiazole rings is 1. The zero-order chi connectivity index (χ0) is 18.3. The van der Waals surface area contributed by atoms with E-state index >= 15 is 0 Å². The van der Waals surface area contributed by atoms with Crippen LogP contribution < -0.4 is 9.64 Å². The van der Waals surface area contributed by atoms with E-state index in [9.17, 15) is 4.79 Å². The van der Waals surface area contributed by atoms with Gasteiger partial charge in [0.05, 0.1) is 16.8 Å². The third kappa shape index (κ3) is 2.99. The van der Waals surface area contributed by atoms with Crippen molar-refractivity contribution in [2.75, 3.05) is 38.2 Å². The number of amides is 1. The molecule has 0 atom stereocenters. The number of aryl methyl sites for hydroxylation is 1. The number of hydrogen-bond acceptors (Lipinski definition) is 6. The Morgan fingerprint density at radius 2 is 2.00 bits per heavy atom. The lowest BCUT2D eigenvalue weighted by atomic mass is 10.3. The Hall–Kier alpha value is -2.32. The van der Waals surface area contributed by atoms with Gasteiger partial charge in [0.1, 0.15) is 17.0 Å². The molecule has 2 aromatic heterocycles. The van der Waals surface area contributed by atoms with Gasteiger partial charge >= 0.3 is 0 Å². The first-order chi connectivity index (χ1) is 12.6. The predicted molar refractivity (Wildman–Crippen MR) is 103 cm³/mol. The van der Waals surface area contributed by atoms with Crippen molar-refractivity contribution in [3.63, 3.8) is 0 Å². The fourth-order valence-corrected chi connectivity index (χ4v) is 4.34. The van der Waals surface area contributed by atoms with Crippen LogP contribution in [0.3, 0.4) is 0 Å². The average molecular weight is 392 g/mol. The minimum atomic E-state index is -0.0285. The number of benzene rings is 1. The number of hydrogen-bond donors (Lipinski definition) is 0. The molecule has 1 aliphatic heterocycles. The van der Waals surface area contributed by atoms with Crippen LogP contribution in [-0.4, -0.2) is 58.9 Å². The van der Waals surface area contributed by atoms with Gasteiger partial charge in [0.2, 0.25) is 0 Å². The number of anilines is 1. The van der Waals surface area contributed by atoms with Crippen LogP contribution in [0.15, 0.2) is 24.4 Å². The van der Waals surface area contributed by atoms with Crippen molar-refractivity contribution in [3.8, 4) is 5.75 Å². The first kappa shape index (κ1) is 17.1. The van der Waals surface area contributed by atoms with Crippen molar-refractivity contribution >= 4 is 44.2 Å². The lowest BCUT2D eigenvalue weighted by molar-refractivity contribution is 0.0740.